The number of piperidine rings is 1. The fourth-order valence-corrected chi connectivity index (χ4v) is 5.18. The highest BCUT2D eigenvalue weighted by Crippen LogP contribution is 2.22. The fraction of sp³-hybridized carbons (Fsp3) is 0.409. The van der Waals surface area contributed by atoms with Crippen LogP contribution in [0.5, 0.6) is 0 Å². The molecule has 1 heterocycles. The van der Waals surface area contributed by atoms with Gasteiger partial charge in [0.15, 0.2) is 0 Å². The van der Waals surface area contributed by atoms with E-state index in [1.807, 2.05) is 60.7 Å². The Morgan fingerprint density at radius 3 is 2.33 bits per heavy atom. The maximum atomic E-state index is 13.0. The average molecular weight is 433 g/mol. The number of nitrogens with zero attached hydrogens (tertiary/aromatic N) is 1. The number of aliphatic hydroxyl groups excluding tert-OH is 1. The lowest BCUT2D eigenvalue weighted by Crippen LogP contribution is -2.55. The zero-order valence-electron chi connectivity index (χ0n) is 16.8. The second-order valence-corrected chi connectivity index (χ2v) is 9.06. The van der Waals surface area contributed by atoms with Crippen molar-refractivity contribution < 1.29 is 23.1 Å². The second-order valence-electron chi connectivity index (χ2n) is 7.41. The van der Waals surface area contributed by atoms with Gasteiger partial charge in [0.1, 0.15) is 12.6 Å². The van der Waals surface area contributed by atoms with Crippen molar-refractivity contribution in [3.05, 3.63) is 71.8 Å². The summed E-state index contributed by atoms with van der Waals surface area (Å²) in [5.74, 6) is -0.549. The first kappa shape index (κ1) is 22.4. The van der Waals surface area contributed by atoms with Crippen LogP contribution in [-0.4, -0.2) is 49.0 Å². The number of ether oxygens (including phenoxy) is 1. The molecule has 0 unspecified atom stereocenters. The molecule has 1 aliphatic rings. The van der Waals surface area contributed by atoms with Crippen molar-refractivity contribution in [3.63, 3.8) is 0 Å². The van der Waals surface area contributed by atoms with E-state index in [1.54, 1.807) is 0 Å². The van der Waals surface area contributed by atoms with Crippen LogP contribution < -0.4 is 4.72 Å². The van der Waals surface area contributed by atoms with Crippen molar-refractivity contribution in [2.24, 2.45) is 0 Å². The van der Waals surface area contributed by atoms with Crippen LogP contribution in [-0.2, 0) is 32.8 Å². The number of carbonyl (C=O) groups is 1. The predicted molar refractivity (Wildman–Crippen MR) is 114 cm³/mol. The number of aliphatic hydroxyl groups is 1. The third-order valence-electron chi connectivity index (χ3n) is 5.12. The van der Waals surface area contributed by atoms with Crippen LogP contribution in [0.25, 0.3) is 0 Å². The molecule has 0 amide bonds. The molecule has 0 aromatic heterocycles. The summed E-state index contributed by atoms with van der Waals surface area (Å²) in [5, 5.41) is 9.70. The van der Waals surface area contributed by atoms with Crippen molar-refractivity contribution >= 4 is 16.2 Å². The van der Waals surface area contributed by atoms with Crippen LogP contribution in [0.3, 0.4) is 0 Å². The summed E-state index contributed by atoms with van der Waals surface area (Å²) >= 11 is 0. The Morgan fingerprint density at radius 2 is 1.70 bits per heavy atom. The summed E-state index contributed by atoms with van der Waals surface area (Å²) in [6.07, 6.45) is 2.20. The molecule has 0 bridgehead atoms. The normalized spacial score (nSPS) is 18.6. The van der Waals surface area contributed by atoms with Gasteiger partial charge in [-0.15, -0.1) is 0 Å². The zero-order chi connectivity index (χ0) is 21.4. The Morgan fingerprint density at radius 1 is 1.07 bits per heavy atom. The first-order valence-corrected chi connectivity index (χ1v) is 11.6. The van der Waals surface area contributed by atoms with Gasteiger partial charge in [0, 0.05) is 6.54 Å². The minimum absolute atomic E-state index is 0.102. The fourth-order valence-electron chi connectivity index (χ4n) is 3.57. The van der Waals surface area contributed by atoms with Gasteiger partial charge in [-0.25, -0.2) is 0 Å². The summed E-state index contributed by atoms with van der Waals surface area (Å²) in [7, 11) is -3.97. The van der Waals surface area contributed by atoms with Gasteiger partial charge in [0.2, 0.25) is 0 Å². The topological polar surface area (TPSA) is 95.9 Å². The highest BCUT2D eigenvalue weighted by atomic mass is 32.2. The second kappa shape index (κ2) is 10.7. The van der Waals surface area contributed by atoms with Gasteiger partial charge in [-0.05, 0) is 36.8 Å². The summed E-state index contributed by atoms with van der Waals surface area (Å²) < 4.78 is 35.2. The number of benzene rings is 2. The smallest absolute Gasteiger partial charge is 0.324 e. The molecule has 0 saturated carbocycles. The molecule has 0 aliphatic carbocycles. The van der Waals surface area contributed by atoms with E-state index in [4.69, 9.17) is 4.74 Å². The number of carbonyl (C=O) groups excluding carboxylic acids is 1. The molecule has 3 rings (SSSR count). The number of hydrogen-bond acceptors (Lipinski definition) is 5. The minimum Gasteiger partial charge on any atom is -0.460 e. The van der Waals surface area contributed by atoms with Crippen LogP contribution in [0, 0.1) is 0 Å². The molecule has 0 spiro atoms. The number of esters is 1. The van der Waals surface area contributed by atoms with Gasteiger partial charge in [0.25, 0.3) is 10.2 Å². The highest BCUT2D eigenvalue weighted by Gasteiger charge is 2.38. The van der Waals surface area contributed by atoms with E-state index in [0.29, 0.717) is 19.3 Å². The van der Waals surface area contributed by atoms with E-state index in [-0.39, 0.29) is 19.8 Å². The Balaban J connectivity index is 1.66. The maximum Gasteiger partial charge on any atom is 0.324 e. The van der Waals surface area contributed by atoms with Crippen molar-refractivity contribution in [3.8, 4) is 0 Å². The lowest BCUT2D eigenvalue weighted by Gasteiger charge is -2.34. The van der Waals surface area contributed by atoms with E-state index < -0.39 is 28.3 Å². The van der Waals surface area contributed by atoms with Crippen molar-refractivity contribution in [2.75, 3.05) is 13.2 Å². The Hall–Kier alpha value is -2.26. The number of rotatable bonds is 9. The zero-order valence-corrected chi connectivity index (χ0v) is 17.6. The minimum atomic E-state index is -3.97. The molecule has 30 heavy (non-hydrogen) atoms. The Kier molecular flexibility index (Phi) is 7.98. The Labute approximate surface area is 177 Å². The molecule has 2 aromatic carbocycles. The molecular weight excluding hydrogens is 404 g/mol. The number of nitrogens with one attached hydrogen (secondary N) is 1. The molecule has 8 heteroatoms. The van der Waals surface area contributed by atoms with Gasteiger partial charge in [-0.2, -0.15) is 17.4 Å². The lowest BCUT2D eigenvalue weighted by atomic mass is 10.1. The van der Waals surface area contributed by atoms with Crippen LogP contribution in [0.4, 0.5) is 0 Å². The lowest BCUT2D eigenvalue weighted by molar-refractivity contribution is -0.150. The van der Waals surface area contributed by atoms with E-state index in [0.717, 1.165) is 17.5 Å². The molecule has 1 fully saturated rings. The van der Waals surface area contributed by atoms with Crippen molar-refractivity contribution in [2.45, 2.75) is 44.4 Å². The largest absolute Gasteiger partial charge is 0.460 e. The monoisotopic (exact) mass is 432 g/mol. The SMILES string of the molecule is O=C(OCc1ccccc1)[C@@H]1CCCCN1S(=O)(=O)N[C@@H](CO)Cc1ccccc1. The van der Waals surface area contributed by atoms with Crippen LogP contribution in [0.15, 0.2) is 60.7 Å². The molecule has 1 aliphatic heterocycles. The summed E-state index contributed by atoms with van der Waals surface area (Å²) in [6, 6.07) is 17.1. The third-order valence-corrected chi connectivity index (χ3v) is 6.81. The van der Waals surface area contributed by atoms with Crippen LogP contribution in [0.1, 0.15) is 30.4 Å². The van der Waals surface area contributed by atoms with Gasteiger partial charge < -0.3 is 9.84 Å². The predicted octanol–water partition coefficient (Wildman–Crippen LogP) is 2.02. The highest BCUT2D eigenvalue weighted by molar-refractivity contribution is 7.87. The summed E-state index contributed by atoms with van der Waals surface area (Å²) in [6.45, 7) is -0.000229. The molecule has 2 N–H and O–H groups in total. The van der Waals surface area contributed by atoms with Gasteiger partial charge in [-0.1, -0.05) is 60.7 Å². The quantitative estimate of drug-likeness (QED) is 0.591. The van der Waals surface area contributed by atoms with Gasteiger partial charge in [-0.3, -0.25) is 4.79 Å². The summed E-state index contributed by atoms with van der Waals surface area (Å²) in [4.78, 5) is 12.7. The average Bonchev–Trinajstić information content (AvgIpc) is 2.78. The van der Waals surface area contributed by atoms with E-state index >= 15 is 0 Å². The standard InChI is InChI=1S/C22H28N2O5S/c25-16-20(15-18-9-3-1-4-10-18)23-30(27,28)24-14-8-7-13-21(24)22(26)29-17-19-11-5-2-6-12-19/h1-6,9-12,20-21,23,25H,7-8,13-17H2/t20-,21+/m1/s1. The van der Waals surface area contributed by atoms with E-state index in [9.17, 15) is 18.3 Å². The Bertz CT molecular complexity index is 906. The van der Waals surface area contributed by atoms with E-state index in [2.05, 4.69) is 4.72 Å². The molecule has 2 atom stereocenters. The van der Waals surface area contributed by atoms with E-state index in [1.165, 1.54) is 4.31 Å². The molecule has 7 nitrogen and oxygen atoms in total. The first-order chi connectivity index (χ1) is 14.5. The van der Waals surface area contributed by atoms with Crippen LogP contribution >= 0.6 is 0 Å². The summed E-state index contributed by atoms with van der Waals surface area (Å²) in [5.41, 5.74) is 1.76. The molecule has 0 radical (unpaired) electrons. The van der Waals surface area contributed by atoms with Crippen LogP contribution in [0.2, 0.25) is 0 Å². The molecule has 162 valence electrons. The number of hydrogen-bond donors (Lipinski definition) is 2. The maximum absolute atomic E-state index is 13.0. The molecular formula is C22H28N2O5S. The first-order valence-electron chi connectivity index (χ1n) is 10.1. The van der Waals surface area contributed by atoms with Gasteiger partial charge >= 0.3 is 5.97 Å². The van der Waals surface area contributed by atoms with Crippen molar-refractivity contribution in [1.29, 1.82) is 0 Å². The molecule has 2 aromatic rings. The van der Waals surface area contributed by atoms with Crippen molar-refractivity contribution in [1.82, 2.24) is 9.03 Å². The van der Waals surface area contributed by atoms with Gasteiger partial charge in [0.05, 0.1) is 12.6 Å². The third kappa shape index (κ3) is 6.12. The molecule has 1 saturated heterocycles.